The molecule has 0 spiro atoms. The van der Waals surface area contributed by atoms with E-state index in [1.807, 2.05) is 24.3 Å². The zero-order valence-electron chi connectivity index (χ0n) is 13.6. The predicted molar refractivity (Wildman–Crippen MR) is 95.4 cm³/mol. The summed E-state index contributed by atoms with van der Waals surface area (Å²) in [5, 5.41) is 8.47. The van der Waals surface area contributed by atoms with E-state index in [2.05, 4.69) is 22.9 Å². The number of nitrogens with one attached hydrogen (secondary N) is 3. The van der Waals surface area contributed by atoms with Crippen LogP contribution in [0.4, 0.5) is 16.2 Å². The van der Waals surface area contributed by atoms with Crippen molar-refractivity contribution in [2.24, 2.45) is 0 Å². The first-order chi connectivity index (χ1) is 11.6. The highest BCUT2D eigenvalue weighted by atomic mass is 16.2. The highest BCUT2D eigenvalue weighted by Gasteiger charge is 2.23. The Balaban J connectivity index is 1.54. The summed E-state index contributed by atoms with van der Waals surface area (Å²) in [6.45, 7) is 2.09. The number of aryl methyl sites for hydroxylation is 1. The molecular formula is C19H21N3O2. The third kappa shape index (κ3) is 4.35. The minimum atomic E-state index is -0.311. The Morgan fingerprint density at radius 2 is 1.46 bits per heavy atom. The van der Waals surface area contributed by atoms with Gasteiger partial charge in [-0.05, 0) is 61.2 Å². The van der Waals surface area contributed by atoms with Crippen LogP contribution >= 0.6 is 0 Å². The smallest absolute Gasteiger partial charge is 0.323 e. The molecule has 1 fully saturated rings. The largest absolute Gasteiger partial charge is 0.349 e. The van der Waals surface area contributed by atoms with Crippen LogP contribution in [0.1, 0.15) is 35.7 Å². The zero-order valence-corrected chi connectivity index (χ0v) is 13.6. The molecule has 124 valence electrons. The molecule has 24 heavy (non-hydrogen) atoms. The van der Waals surface area contributed by atoms with Gasteiger partial charge >= 0.3 is 6.03 Å². The van der Waals surface area contributed by atoms with Crippen LogP contribution in [0, 0.1) is 0 Å². The first-order valence-corrected chi connectivity index (χ1v) is 8.22. The Kier molecular flexibility index (Phi) is 4.79. The van der Waals surface area contributed by atoms with Crippen LogP contribution in [0.25, 0.3) is 0 Å². The van der Waals surface area contributed by atoms with E-state index < -0.39 is 0 Å². The van der Waals surface area contributed by atoms with E-state index in [1.54, 1.807) is 24.3 Å². The number of anilines is 2. The van der Waals surface area contributed by atoms with Crippen LogP contribution in [0.5, 0.6) is 0 Å². The van der Waals surface area contributed by atoms with Gasteiger partial charge in [-0.1, -0.05) is 19.1 Å². The van der Waals surface area contributed by atoms with Gasteiger partial charge < -0.3 is 16.0 Å². The summed E-state index contributed by atoms with van der Waals surface area (Å²) in [5.74, 6) is -0.0653. The number of benzene rings is 2. The standard InChI is InChI=1S/C19H21N3O2/c1-2-13-3-7-16(8-4-13)21-19(24)22-17-9-5-14(6-10-17)18(23)20-15-11-12-15/h3-10,15H,2,11-12H2,1H3,(H,20,23)(H2,21,22,24). The van der Waals surface area contributed by atoms with Crippen molar-refractivity contribution in [1.82, 2.24) is 5.32 Å². The zero-order chi connectivity index (χ0) is 16.9. The molecular weight excluding hydrogens is 302 g/mol. The van der Waals surface area contributed by atoms with Crippen molar-refractivity contribution in [2.45, 2.75) is 32.2 Å². The Hall–Kier alpha value is -2.82. The van der Waals surface area contributed by atoms with Gasteiger partial charge in [0, 0.05) is 23.0 Å². The van der Waals surface area contributed by atoms with Gasteiger partial charge in [-0.25, -0.2) is 4.79 Å². The second-order valence-corrected chi connectivity index (χ2v) is 5.95. The summed E-state index contributed by atoms with van der Waals surface area (Å²) in [7, 11) is 0. The van der Waals surface area contributed by atoms with Crippen LogP contribution in [0.2, 0.25) is 0 Å². The summed E-state index contributed by atoms with van der Waals surface area (Å²) in [6, 6.07) is 14.6. The summed E-state index contributed by atoms with van der Waals surface area (Å²) in [4.78, 5) is 23.9. The van der Waals surface area contributed by atoms with Crippen molar-refractivity contribution < 1.29 is 9.59 Å². The molecule has 1 aliphatic rings. The summed E-state index contributed by atoms with van der Waals surface area (Å²) < 4.78 is 0. The van der Waals surface area contributed by atoms with Gasteiger partial charge in [0.2, 0.25) is 0 Å². The maximum atomic E-state index is 12.0. The van der Waals surface area contributed by atoms with Crippen molar-refractivity contribution >= 4 is 23.3 Å². The molecule has 0 aliphatic heterocycles. The van der Waals surface area contributed by atoms with Crippen molar-refractivity contribution in [2.75, 3.05) is 10.6 Å². The minimum absolute atomic E-state index is 0.0653. The predicted octanol–water partition coefficient (Wildman–Crippen LogP) is 3.79. The van der Waals surface area contributed by atoms with Gasteiger partial charge in [0.25, 0.3) is 5.91 Å². The van der Waals surface area contributed by atoms with E-state index in [9.17, 15) is 9.59 Å². The maximum Gasteiger partial charge on any atom is 0.323 e. The van der Waals surface area contributed by atoms with Gasteiger partial charge in [0.05, 0.1) is 0 Å². The highest BCUT2D eigenvalue weighted by molar-refractivity contribution is 6.00. The molecule has 0 saturated heterocycles. The Morgan fingerprint density at radius 1 is 0.917 bits per heavy atom. The van der Waals surface area contributed by atoms with E-state index in [4.69, 9.17) is 0 Å². The van der Waals surface area contributed by atoms with E-state index >= 15 is 0 Å². The van der Waals surface area contributed by atoms with Crippen molar-refractivity contribution in [1.29, 1.82) is 0 Å². The van der Waals surface area contributed by atoms with Crippen LogP contribution < -0.4 is 16.0 Å². The molecule has 3 amide bonds. The fraction of sp³-hybridized carbons (Fsp3) is 0.263. The Morgan fingerprint density at radius 3 is 1.96 bits per heavy atom. The lowest BCUT2D eigenvalue weighted by molar-refractivity contribution is 0.0951. The maximum absolute atomic E-state index is 12.0. The van der Waals surface area contributed by atoms with Gasteiger partial charge in [-0.3, -0.25) is 4.79 Å². The summed E-state index contributed by atoms with van der Waals surface area (Å²) >= 11 is 0. The molecule has 0 heterocycles. The second-order valence-electron chi connectivity index (χ2n) is 5.95. The lowest BCUT2D eigenvalue weighted by Crippen LogP contribution is -2.25. The topological polar surface area (TPSA) is 70.2 Å². The molecule has 5 heteroatoms. The molecule has 0 atom stereocenters. The normalized spacial score (nSPS) is 13.2. The third-order valence-corrected chi connectivity index (χ3v) is 3.94. The highest BCUT2D eigenvalue weighted by Crippen LogP contribution is 2.19. The quantitative estimate of drug-likeness (QED) is 0.783. The van der Waals surface area contributed by atoms with Crippen molar-refractivity contribution in [3.63, 3.8) is 0 Å². The molecule has 0 bridgehead atoms. The number of carbonyl (C=O) groups excluding carboxylic acids is 2. The number of urea groups is 1. The molecule has 0 aromatic heterocycles. The van der Waals surface area contributed by atoms with Crippen LogP contribution in [-0.4, -0.2) is 18.0 Å². The number of amides is 3. The molecule has 2 aromatic rings. The summed E-state index contributed by atoms with van der Waals surface area (Å²) in [5.41, 5.74) is 3.20. The van der Waals surface area contributed by atoms with E-state index in [-0.39, 0.29) is 11.9 Å². The minimum Gasteiger partial charge on any atom is -0.349 e. The lowest BCUT2D eigenvalue weighted by Gasteiger charge is -2.09. The average molecular weight is 323 g/mol. The molecule has 3 rings (SSSR count). The summed E-state index contributed by atoms with van der Waals surface area (Å²) in [6.07, 6.45) is 3.09. The van der Waals surface area contributed by atoms with Crippen molar-refractivity contribution in [3.05, 3.63) is 59.7 Å². The molecule has 3 N–H and O–H groups in total. The molecule has 2 aromatic carbocycles. The van der Waals surface area contributed by atoms with E-state index in [0.717, 1.165) is 24.9 Å². The Labute approximate surface area is 141 Å². The molecule has 0 radical (unpaired) electrons. The second kappa shape index (κ2) is 7.17. The van der Waals surface area contributed by atoms with Gasteiger partial charge in [0.1, 0.15) is 0 Å². The third-order valence-electron chi connectivity index (χ3n) is 3.94. The van der Waals surface area contributed by atoms with Crippen LogP contribution in [0.15, 0.2) is 48.5 Å². The number of rotatable bonds is 5. The molecule has 0 unspecified atom stereocenters. The SMILES string of the molecule is CCc1ccc(NC(=O)Nc2ccc(C(=O)NC3CC3)cc2)cc1. The average Bonchev–Trinajstić information content (AvgIpc) is 3.40. The van der Waals surface area contributed by atoms with E-state index in [1.165, 1.54) is 5.56 Å². The van der Waals surface area contributed by atoms with Crippen molar-refractivity contribution in [3.8, 4) is 0 Å². The molecule has 1 saturated carbocycles. The molecule has 5 nitrogen and oxygen atoms in total. The Bertz CT molecular complexity index is 719. The first-order valence-electron chi connectivity index (χ1n) is 8.22. The fourth-order valence-corrected chi connectivity index (χ4v) is 2.32. The van der Waals surface area contributed by atoms with Crippen LogP contribution in [-0.2, 0) is 6.42 Å². The fourth-order valence-electron chi connectivity index (χ4n) is 2.32. The number of carbonyl (C=O) groups is 2. The van der Waals surface area contributed by atoms with Gasteiger partial charge in [-0.15, -0.1) is 0 Å². The van der Waals surface area contributed by atoms with Gasteiger partial charge in [-0.2, -0.15) is 0 Å². The first kappa shape index (κ1) is 16.1. The van der Waals surface area contributed by atoms with E-state index in [0.29, 0.717) is 17.3 Å². The molecule has 1 aliphatic carbocycles. The number of hydrogen-bond donors (Lipinski definition) is 3. The van der Waals surface area contributed by atoms with Crippen LogP contribution in [0.3, 0.4) is 0 Å². The monoisotopic (exact) mass is 323 g/mol. The number of hydrogen-bond acceptors (Lipinski definition) is 2. The van der Waals surface area contributed by atoms with Gasteiger partial charge in [0.15, 0.2) is 0 Å². The lowest BCUT2D eigenvalue weighted by atomic mass is 10.1.